The molecule has 5 heteroatoms. The van der Waals surface area contributed by atoms with Gasteiger partial charge in [-0.1, -0.05) is 22.9 Å². The van der Waals surface area contributed by atoms with E-state index in [2.05, 4.69) is 5.16 Å². The topological polar surface area (TPSA) is 77.1 Å². The molecule has 0 radical (unpaired) electrons. The Hall–Kier alpha value is -2.69. The maximum atomic E-state index is 8.57. The summed E-state index contributed by atoms with van der Waals surface area (Å²) in [5.74, 6) is 1.60. The summed E-state index contributed by atoms with van der Waals surface area (Å²) in [6.07, 6.45) is 0. The Morgan fingerprint density at radius 3 is 1.90 bits per heavy atom. The number of amidine groups is 1. The van der Waals surface area contributed by atoms with Gasteiger partial charge in [0.1, 0.15) is 24.7 Å². The number of ether oxygens (including phenoxy) is 2. The van der Waals surface area contributed by atoms with Gasteiger partial charge in [-0.3, -0.25) is 0 Å². The zero-order valence-electron chi connectivity index (χ0n) is 11.8. The fraction of sp³-hybridized carbons (Fsp3) is 0.188. The van der Waals surface area contributed by atoms with Gasteiger partial charge in [0.15, 0.2) is 5.84 Å². The second kappa shape index (κ2) is 7.19. The number of nitrogens with zero attached hydrogens (tertiary/aromatic N) is 1. The summed E-state index contributed by atoms with van der Waals surface area (Å²) in [5.41, 5.74) is 7.32. The summed E-state index contributed by atoms with van der Waals surface area (Å²) >= 11 is 0. The van der Waals surface area contributed by atoms with Crippen molar-refractivity contribution in [1.29, 1.82) is 0 Å². The van der Waals surface area contributed by atoms with Gasteiger partial charge >= 0.3 is 0 Å². The van der Waals surface area contributed by atoms with Crippen molar-refractivity contribution in [3.8, 4) is 11.5 Å². The van der Waals surface area contributed by atoms with E-state index in [4.69, 9.17) is 20.4 Å². The first kappa shape index (κ1) is 14.7. The molecule has 0 saturated heterocycles. The van der Waals surface area contributed by atoms with Crippen molar-refractivity contribution in [2.45, 2.75) is 6.92 Å². The van der Waals surface area contributed by atoms with Crippen molar-refractivity contribution in [3.63, 3.8) is 0 Å². The molecule has 0 fully saturated rings. The van der Waals surface area contributed by atoms with Gasteiger partial charge in [0.2, 0.25) is 0 Å². The first-order valence-corrected chi connectivity index (χ1v) is 6.59. The lowest BCUT2D eigenvalue weighted by molar-refractivity contribution is 0.217. The second-order valence-corrected chi connectivity index (χ2v) is 4.52. The van der Waals surface area contributed by atoms with E-state index >= 15 is 0 Å². The zero-order chi connectivity index (χ0) is 15.1. The maximum absolute atomic E-state index is 8.57. The van der Waals surface area contributed by atoms with Crippen molar-refractivity contribution in [1.82, 2.24) is 0 Å². The van der Waals surface area contributed by atoms with Crippen molar-refractivity contribution in [2.24, 2.45) is 10.9 Å². The van der Waals surface area contributed by atoms with Gasteiger partial charge in [0.05, 0.1) is 0 Å². The molecular weight excluding hydrogens is 268 g/mol. The lowest BCUT2D eigenvalue weighted by Crippen LogP contribution is -2.13. The number of nitrogens with two attached hydrogens (primary N) is 1. The molecule has 0 aliphatic rings. The smallest absolute Gasteiger partial charge is 0.170 e. The van der Waals surface area contributed by atoms with Crippen molar-refractivity contribution >= 4 is 5.84 Å². The van der Waals surface area contributed by atoms with Crippen molar-refractivity contribution in [2.75, 3.05) is 13.2 Å². The summed E-state index contributed by atoms with van der Waals surface area (Å²) in [4.78, 5) is 0. The van der Waals surface area contributed by atoms with Crippen LogP contribution in [0.25, 0.3) is 0 Å². The average molecular weight is 286 g/mol. The van der Waals surface area contributed by atoms with Crippen LogP contribution in [0, 0.1) is 6.92 Å². The van der Waals surface area contributed by atoms with Crippen LogP contribution in [0.4, 0.5) is 0 Å². The predicted molar refractivity (Wildman–Crippen MR) is 81.1 cm³/mol. The summed E-state index contributed by atoms with van der Waals surface area (Å²) in [6, 6.07) is 14.8. The molecule has 5 nitrogen and oxygen atoms in total. The quantitative estimate of drug-likeness (QED) is 0.281. The molecule has 0 heterocycles. The summed E-state index contributed by atoms with van der Waals surface area (Å²) < 4.78 is 11.1. The second-order valence-electron chi connectivity index (χ2n) is 4.52. The van der Waals surface area contributed by atoms with E-state index in [9.17, 15) is 0 Å². The molecule has 0 unspecified atom stereocenters. The number of aryl methyl sites for hydroxylation is 1. The van der Waals surface area contributed by atoms with Crippen LogP contribution in [-0.2, 0) is 0 Å². The molecular formula is C16H18N2O3. The number of hydrogen-bond donors (Lipinski definition) is 2. The number of oxime groups is 1. The molecule has 0 aliphatic heterocycles. The van der Waals surface area contributed by atoms with Gasteiger partial charge in [-0.2, -0.15) is 0 Å². The summed E-state index contributed by atoms with van der Waals surface area (Å²) in [5, 5.41) is 11.5. The first-order chi connectivity index (χ1) is 10.2. The Morgan fingerprint density at radius 1 is 0.952 bits per heavy atom. The van der Waals surface area contributed by atoms with Crippen LogP contribution in [0.3, 0.4) is 0 Å². The third-order valence-electron chi connectivity index (χ3n) is 2.90. The van der Waals surface area contributed by atoms with Gasteiger partial charge in [0.25, 0.3) is 0 Å². The van der Waals surface area contributed by atoms with Crippen LogP contribution in [0.5, 0.6) is 11.5 Å². The van der Waals surface area contributed by atoms with Gasteiger partial charge in [-0.15, -0.1) is 0 Å². The van der Waals surface area contributed by atoms with Crippen molar-refractivity contribution < 1.29 is 14.7 Å². The highest BCUT2D eigenvalue weighted by Gasteiger charge is 2.00. The van der Waals surface area contributed by atoms with Crippen LogP contribution in [0.2, 0.25) is 0 Å². The van der Waals surface area contributed by atoms with Gasteiger partial charge < -0.3 is 20.4 Å². The lowest BCUT2D eigenvalue weighted by Gasteiger charge is -2.09. The Morgan fingerprint density at radius 2 is 1.43 bits per heavy atom. The van der Waals surface area contributed by atoms with Crippen LogP contribution < -0.4 is 15.2 Å². The SMILES string of the molecule is Cc1ccc(OCCOc2ccc(C(N)=NO)cc2)cc1. The third kappa shape index (κ3) is 4.42. The predicted octanol–water partition coefficient (Wildman–Crippen LogP) is 2.55. The highest BCUT2D eigenvalue weighted by atomic mass is 16.5. The number of rotatable bonds is 6. The minimum absolute atomic E-state index is 0.0734. The first-order valence-electron chi connectivity index (χ1n) is 6.59. The van der Waals surface area contributed by atoms with E-state index in [0.717, 1.165) is 5.75 Å². The minimum atomic E-state index is 0.0734. The molecule has 0 amide bonds. The fourth-order valence-corrected chi connectivity index (χ4v) is 1.73. The Balaban J connectivity index is 1.77. The van der Waals surface area contributed by atoms with Crippen LogP contribution in [-0.4, -0.2) is 24.3 Å². The van der Waals surface area contributed by atoms with E-state index in [1.807, 2.05) is 31.2 Å². The molecule has 2 aromatic carbocycles. The summed E-state index contributed by atoms with van der Waals surface area (Å²) in [7, 11) is 0. The monoisotopic (exact) mass is 286 g/mol. The molecule has 0 saturated carbocycles. The molecule has 0 bridgehead atoms. The van der Waals surface area contributed by atoms with Gasteiger partial charge in [-0.05, 0) is 43.3 Å². The van der Waals surface area contributed by atoms with E-state index in [1.54, 1.807) is 24.3 Å². The Labute approximate surface area is 123 Å². The summed E-state index contributed by atoms with van der Waals surface area (Å²) in [6.45, 7) is 2.94. The van der Waals surface area contributed by atoms with E-state index < -0.39 is 0 Å². The molecule has 21 heavy (non-hydrogen) atoms. The van der Waals surface area contributed by atoms with E-state index in [0.29, 0.717) is 24.5 Å². The molecule has 0 atom stereocenters. The lowest BCUT2D eigenvalue weighted by atomic mass is 10.2. The highest BCUT2D eigenvalue weighted by molar-refractivity contribution is 5.97. The average Bonchev–Trinajstić information content (AvgIpc) is 2.53. The maximum Gasteiger partial charge on any atom is 0.170 e. The van der Waals surface area contributed by atoms with E-state index in [1.165, 1.54) is 5.56 Å². The molecule has 3 N–H and O–H groups in total. The largest absolute Gasteiger partial charge is 0.490 e. The van der Waals surface area contributed by atoms with Crippen molar-refractivity contribution in [3.05, 3.63) is 59.7 Å². The Kier molecular flexibility index (Phi) is 5.04. The zero-order valence-corrected chi connectivity index (χ0v) is 11.8. The molecule has 0 aliphatic carbocycles. The molecule has 110 valence electrons. The van der Waals surface area contributed by atoms with Crippen LogP contribution in [0.1, 0.15) is 11.1 Å². The third-order valence-corrected chi connectivity index (χ3v) is 2.90. The highest BCUT2D eigenvalue weighted by Crippen LogP contribution is 2.13. The number of benzene rings is 2. The standard InChI is InChI=1S/C16H18N2O3/c1-12-2-6-14(7-3-12)20-10-11-21-15-8-4-13(5-9-15)16(17)18-19/h2-9,19H,10-11H2,1H3,(H2,17,18). The van der Waals surface area contributed by atoms with Crippen LogP contribution in [0.15, 0.2) is 53.7 Å². The van der Waals surface area contributed by atoms with Gasteiger partial charge in [-0.25, -0.2) is 0 Å². The fourth-order valence-electron chi connectivity index (χ4n) is 1.73. The Bertz CT molecular complexity index is 592. The van der Waals surface area contributed by atoms with Crippen LogP contribution >= 0.6 is 0 Å². The normalized spacial score (nSPS) is 11.2. The molecule has 2 aromatic rings. The number of hydrogen-bond acceptors (Lipinski definition) is 4. The minimum Gasteiger partial charge on any atom is -0.490 e. The van der Waals surface area contributed by atoms with Gasteiger partial charge in [0, 0.05) is 5.56 Å². The van der Waals surface area contributed by atoms with E-state index in [-0.39, 0.29) is 5.84 Å². The molecule has 2 rings (SSSR count). The molecule has 0 aromatic heterocycles. The molecule has 0 spiro atoms.